The molecule has 1 aromatic heterocycles. The fraction of sp³-hybridized carbons (Fsp3) is 0.267. The molecule has 1 amide bonds. The predicted molar refractivity (Wildman–Crippen MR) is 79.0 cm³/mol. The molecule has 2 aromatic rings. The number of rotatable bonds is 3. The quantitative estimate of drug-likeness (QED) is 0.900. The predicted octanol–water partition coefficient (Wildman–Crippen LogP) is 2.75. The van der Waals surface area contributed by atoms with Crippen molar-refractivity contribution in [3.8, 4) is 0 Å². The SMILES string of the molecule is CC(C)(C)NC(=O)c1ccnc(Nc2ccccc2)n1. The van der Waals surface area contributed by atoms with Gasteiger partial charge in [0.1, 0.15) is 5.69 Å². The van der Waals surface area contributed by atoms with E-state index in [-0.39, 0.29) is 11.4 Å². The van der Waals surface area contributed by atoms with Crippen LogP contribution in [-0.4, -0.2) is 21.4 Å². The molecule has 5 nitrogen and oxygen atoms in total. The van der Waals surface area contributed by atoms with E-state index in [1.165, 1.54) is 0 Å². The van der Waals surface area contributed by atoms with Gasteiger partial charge in [-0.25, -0.2) is 9.97 Å². The normalized spacial score (nSPS) is 10.9. The van der Waals surface area contributed by atoms with Crippen molar-refractivity contribution in [1.82, 2.24) is 15.3 Å². The summed E-state index contributed by atoms with van der Waals surface area (Å²) in [6.07, 6.45) is 1.57. The maximum Gasteiger partial charge on any atom is 0.270 e. The van der Waals surface area contributed by atoms with E-state index in [4.69, 9.17) is 0 Å². The van der Waals surface area contributed by atoms with Crippen molar-refractivity contribution >= 4 is 17.5 Å². The smallest absolute Gasteiger partial charge is 0.270 e. The first kappa shape index (κ1) is 14.0. The van der Waals surface area contributed by atoms with Crippen LogP contribution in [0.2, 0.25) is 0 Å². The van der Waals surface area contributed by atoms with Crippen LogP contribution in [-0.2, 0) is 0 Å². The third-order valence-corrected chi connectivity index (χ3v) is 2.41. The molecule has 0 bridgehead atoms. The van der Waals surface area contributed by atoms with E-state index < -0.39 is 0 Å². The second kappa shape index (κ2) is 5.69. The molecule has 0 radical (unpaired) electrons. The zero-order valence-electron chi connectivity index (χ0n) is 11.8. The lowest BCUT2D eigenvalue weighted by atomic mass is 10.1. The fourth-order valence-electron chi connectivity index (χ4n) is 1.60. The van der Waals surface area contributed by atoms with Gasteiger partial charge in [-0.05, 0) is 39.0 Å². The number of anilines is 2. The average molecular weight is 270 g/mol. The summed E-state index contributed by atoms with van der Waals surface area (Å²) in [5, 5.41) is 5.93. The highest BCUT2D eigenvalue weighted by atomic mass is 16.2. The molecule has 0 aliphatic rings. The molecule has 20 heavy (non-hydrogen) atoms. The lowest BCUT2D eigenvalue weighted by molar-refractivity contribution is 0.0914. The molecule has 0 aliphatic carbocycles. The number of carbonyl (C=O) groups excluding carboxylic acids is 1. The van der Waals surface area contributed by atoms with Gasteiger partial charge in [-0.2, -0.15) is 0 Å². The van der Waals surface area contributed by atoms with Gasteiger partial charge in [0.05, 0.1) is 0 Å². The van der Waals surface area contributed by atoms with Crippen LogP contribution in [0.4, 0.5) is 11.6 Å². The Bertz CT molecular complexity index is 590. The van der Waals surface area contributed by atoms with Crippen molar-refractivity contribution in [3.05, 3.63) is 48.3 Å². The number of para-hydroxylation sites is 1. The fourth-order valence-corrected chi connectivity index (χ4v) is 1.60. The summed E-state index contributed by atoms with van der Waals surface area (Å²) >= 11 is 0. The van der Waals surface area contributed by atoms with E-state index >= 15 is 0 Å². The minimum atomic E-state index is -0.297. The van der Waals surface area contributed by atoms with Crippen molar-refractivity contribution in [1.29, 1.82) is 0 Å². The van der Waals surface area contributed by atoms with Gasteiger partial charge >= 0.3 is 0 Å². The second-order valence-electron chi connectivity index (χ2n) is 5.46. The van der Waals surface area contributed by atoms with Crippen molar-refractivity contribution in [2.24, 2.45) is 0 Å². The largest absolute Gasteiger partial charge is 0.346 e. The number of carbonyl (C=O) groups is 1. The Morgan fingerprint density at radius 3 is 2.45 bits per heavy atom. The lowest BCUT2D eigenvalue weighted by Crippen LogP contribution is -2.41. The maximum atomic E-state index is 12.0. The molecule has 0 fully saturated rings. The molecule has 2 N–H and O–H groups in total. The van der Waals surface area contributed by atoms with Crippen LogP contribution in [0.5, 0.6) is 0 Å². The minimum absolute atomic E-state index is 0.212. The Kier molecular flexibility index (Phi) is 3.98. The molecule has 0 unspecified atom stereocenters. The topological polar surface area (TPSA) is 66.9 Å². The highest BCUT2D eigenvalue weighted by molar-refractivity contribution is 5.92. The Balaban J connectivity index is 2.14. The van der Waals surface area contributed by atoms with Crippen LogP contribution < -0.4 is 10.6 Å². The molecule has 1 heterocycles. The Labute approximate surface area is 118 Å². The van der Waals surface area contributed by atoms with Gasteiger partial charge in [-0.15, -0.1) is 0 Å². The van der Waals surface area contributed by atoms with E-state index in [0.29, 0.717) is 11.6 Å². The van der Waals surface area contributed by atoms with E-state index in [0.717, 1.165) is 5.69 Å². The standard InChI is InChI=1S/C15H18N4O/c1-15(2,3)19-13(20)12-9-10-16-14(18-12)17-11-7-5-4-6-8-11/h4-10H,1-3H3,(H,19,20)(H,16,17,18). The third-order valence-electron chi connectivity index (χ3n) is 2.41. The van der Waals surface area contributed by atoms with Gasteiger partial charge in [0.25, 0.3) is 5.91 Å². The number of nitrogens with one attached hydrogen (secondary N) is 2. The van der Waals surface area contributed by atoms with Gasteiger partial charge in [0, 0.05) is 17.4 Å². The van der Waals surface area contributed by atoms with Crippen LogP contribution in [0, 0.1) is 0 Å². The van der Waals surface area contributed by atoms with E-state index in [1.807, 2.05) is 51.1 Å². The Hall–Kier alpha value is -2.43. The van der Waals surface area contributed by atoms with Crippen LogP contribution in [0.25, 0.3) is 0 Å². The first-order chi connectivity index (χ1) is 9.44. The van der Waals surface area contributed by atoms with Crippen molar-refractivity contribution in [3.63, 3.8) is 0 Å². The Morgan fingerprint density at radius 1 is 1.10 bits per heavy atom. The van der Waals surface area contributed by atoms with E-state index in [2.05, 4.69) is 20.6 Å². The zero-order chi connectivity index (χ0) is 14.6. The number of nitrogens with zero attached hydrogens (tertiary/aromatic N) is 2. The van der Waals surface area contributed by atoms with Crippen LogP contribution in [0.15, 0.2) is 42.6 Å². The molecule has 0 aliphatic heterocycles. The van der Waals surface area contributed by atoms with Gasteiger partial charge in [0.15, 0.2) is 0 Å². The van der Waals surface area contributed by atoms with Gasteiger partial charge in [0.2, 0.25) is 5.95 Å². The van der Waals surface area contributed by atoms with Crippen molar-refractivity contribution in [2.45, 2.75) is 26.3 Å². The Morgan fingerprint density at radius 2 is 1.80 bits per heavy atom. The first-order valence-electron chi connectivity index (χ1n) is 6.42. The lowest BCUT2D eigenvalue weighted by Gasteiger charge is -2.20. The van der Waals surface area contributed by atoms with Crippen LogP contribution >= 0.6 is 0 Å². The molecule has 0 saturated heterocycles. The summed E-state index contributed by atoms with van der Waals surface area (Å²) in [6.45, 7) is 5.78. The first-order valence-corrected chi connectivity index (χ1v) is 6.42. The monoisotopic (exact) mass is 270 g/mol. The summed E-state index contributed by atoms with van der Waals surface area (Å²) in [6, 6.07) is 11.2. The van der Waals surface area contributed by atoms with Gasteiger partial charge in [-0.1, -0.05) is 18.2 Å². The van der Waals surface area contributed by atoms with Crippen LogP contribution in [0.3, 0.4) is 0 Å². The minimum Gasteiger partial charge on any atom is -0.346 e. The average Bonchev–Trinajstić information content (AvgIpc) is 2.38. The highest BCUT2D eigenvalue weighted by Gasteiger charge is 2.16. The summed E-state index contributed by atoms with van der Waals surface area (Å²) < 4.78 is 0. The van der Waals surface area contributed by atoms with E-state index in [9.17, 15) is 4.79 Å². The number of hydrogen-bond donors (Lipinski definition) is 2. The van der Waals surface area contributed by atoms with Crippen LogP contribution in [0.1, 0.15) is 31.3 Å². The molecular weight excluding hydrogens is 252 g/mol. The molecule has 0 atom stereocenters. The number of hydrogen-bond acceptors (Lipinski definition) is 4. The summed E-state index contributed by atoms with van der Waals surface area (Å²) in [4.78, 5) is 20.4. The van der Waals surface area contributed by atoms with Crippen molar-refractivity contribution in [2.75, 3.05) is 5.32 Å². The van der Waals surface area contributed by atoms with Crippen molar-refractivity contribution < 1.29 is 4.79 Å². The number of amides is 1. The molecule has 0 spiro atoms. The molecule has 0 saturated carbocycles. The van der Waals surface area contributed by atoms with E-state index in [1.54, 1.807) is 12.3 Å². The summed E-state index contributed by atoms with van der Waals surface area (Å²) in [5.41, 5.74) is 0.920. The van der Waals surface area contributed by atoms with Gasteiger partial charge < -0.3 is 10.6 Å². The number of aromatic nitrogens is 2. The maximum absolute atomic E-state index is 12.0. The highest BCUT2D eigenvalue weighted by Crippen LogP contribution is 2.12. The third kappa shape index (κ3) is 4.05. The second-order valence-corrected chi connectivity index (χ2v) is 5.46. The molecular formula is C15H18N4O. The molecule has 1 aromatic carbocycles. The molecule has 5 heteroatoms. The molecule has 104 valence electrons. The summed E-state index contributed by atoms with van der Waals surface area (Å²) in [7, 11) is 0. The summed E-state index contributed by atoms with van der Waals surface area (Å²) in [5.74, 6) is 0.189. The number of benzene rings is 1. The molecule has 2 rings (SSSR count). The van der Waals surface area contributed by atoms with Gasteiger partial charge in [-0.3, -0.25) is 4.79 Å². The zero-order valence-corrected chi connectivity index (χ0v) is 11.8.